The monoisotopic (exact) mass is 328 g/mol. The van der Waals surface area contributed by atoms with Gasteiger partial charge in [0.15, 0.2) is 6.10 Å². The summed E-state index contributed by atoms with van der Waals surface area (Å²) < 4.78 is 11.2. The van der Waals surface area contributed by atoms with Crippen LogP contribution >= 0.6 is 0 Å². The van der Waals surface area contributed by atoms with Gasteiger partial charge in [-0.1, -0.05) is 23.8 Å². The van der Waals surface area contributed by atoms with E-state index in [0.717, 1.165) is 27.8 Å². The number of ether oxygens (including phenoxy) is 2. The average Bonchev–Trinajstić information content (AvgIpc) is 2.51. The summed E-state index contributed by atoms with van der Waals surface area (Å²) in [6, 6.07) is 9.67. The predicted octanol–water partition coefficient (Wildman–Crippen LogP) is 4.00. The first kappa shape index (κ1) is 17.9. The highest BCUT2D eigenvalue weighted by Gasteiger charge is 2.23. The van der Waals surface area contributed by atoms with Crippen molar-refractivity contribution in [3.63, 3.8) is 0 Å². The molecule has 0 aromatic heterocycles. The Morgan fingerprint density at radius 3 is 2.38 bits per heavy atom. The van der Waals surface area contributed by atoms with Crippen molar-refractivity contribution in [2.24, 2.45) is 0 Å². The molecule has 0 fully saturated rings. The molecule has 0 bridgehead atoms. The van der Waals surface area contributed by atoms with Crippen LogP contribution in [0.25, 0.3) is 0 Å². The number of aliphatic carboxylic acids is 1. The first-order valence-corrected chi connectivity index (χ1v) is 7.92. The first-order valence-electron chi connectivity index (χ1n) is 7.92. The van der Waals surface area contributed by atoms with Crippen molar-refractivity contribution in [3.8, 4) is 11.5 Å². The summed E-state index contributed by atoms with van der Waals surface area (Å²) in [5.41, 5.74) is 4.97. The molecule has 4 nitrogen and oxygen atoms in total. The van der Waals surface area contributed by atoms with E-state index in [0.29, 0.717) is 11.5 Å². The van der Waals surface area contributed by atoms with E-state index in [1.807, 2.05) is 52.0 Å². The van der Waals surface area contributed by atoms with Crippen molar-refractivity contribution in [2.75, 3.05) is 7.11 Å². The van der Waals surface area contributed by atoms with E-state index in [2.05, 4.69) is 6.07 Å². The molecule has 2 aromatic carbocycles. The van der Waals surface area contributed by atoms with Crippen molar-refractivity contribution in [1.29, 1.82) is 0 Å². The molecule has 0 saturated heterocycles. The largest absolute Gasteiger partial charge is 0.496 e. The highest BCUT2D eigenvalue weighted by atomic mass is 16.5. The second-order valence-electron chi connectivity index (χ2n) is 6.17. The molecule has 0 spiro atoms. The molecule has 128 valence electrons. The molecule has 0 saturated carbocycles. The Morgan fingerprint density at radius 1 is 1.04 bits per heavy atom. The Balaban J connectivity index is 2.32. The molecule has 24 heavy (non-hydrogen) atoms. The Bertz CT molecular complexity index is 750. The number of carboxylic acids is 1. The minimum atomic E-state index is -0.989. The Hall–Kier alpha value is -2.49. The van der Waals surface area contributed by atoms with E-state index in [9.17, 15) is 9.90 Å². The van der Waals surface area contributed by atoms with Crippen molar-refractivity contribution in [1.82, 2.24) is 0 Å². The van der Waals surface area contributed by atoms with E-state index in [1.165, 1.54) is 0 Å². The molecular weight excluding hydrogens is 304 g/mol. The lowest BCUT2D eigenvalue weighted by Crippen LogP contribution is -2.30. The van der Waals surface area contributed by atoms with Gasteiger partial charge < -0.3 is 14.6 Å². The van der Waals surface area contributed by atoms with Gasteiger partial charge in [-0.3, -0.25) is 0 Å². The second-order valence-corrected chi connectivity index (χ2v) is 6.17. The van der Waals surface area contributed by atoms with Crippen LogP contribution in [0.15, 0.2) is 30.3 Å². The maximum absolute atomic E-state index is 11.7. The van der Waals surface area contributed by atoms with E-state index < -0.39 is 12.1 Å². The van der Waals surface area contributed by atoms with Crippen LogP contribution < -0.4 is 9.47 Å². The fraction of sp³-hybridized carbons (Fsp3) is 0.350. The van der Waals surface area contributed by atoms with Gasteiger partial charge in [0.1, 0.15) is 11.5 Å². The Labute approximate surface area is 143 Å². The van der Waals surface area contributed by atoms with Gasteiger partial charge >= 0.3 is 5.97 Å². The molecule has 1 N–H and O–H groups in total. The van der Waals surface area contributed by atoms with Crippen LogP contribution in [0.5, 0.6) is 11.5 Å². The predicted molar refractivity (Wildman–Crippen MR) is 94.1 cm³/mol. The third-order valence-corrected chi connectivity index (χ3v) is 4.15. The van der Waals surface area contributed by atoms with Crippen molar-refractivity contribution >= 4 is 5.97 Å². The summed E-state index contributed by atoms with van der Waals surface area (Å²) in [5, 5.41) is 9.59. The number of rotatable bonds is 6. The van der Waals surface area contributed by atoms with Crippen molar-refractivity contribution < 1.29 is 19.4 Å². The number of methoxy groups -OCH3 is 1. The maximum atomic E-state index is 11.7. The van der Waals surface area contributed by atoms with E-state index >= 15 is 0 Å². The normalized spacial score (nSPS) is 11.9. The molecule has 4 heteroatoms. The molecule has 1 unspecified atom stereocenters. The van der Waals surface area contributed by atoms with Gasteiger partial charge in [-0.15, -0.1) is 0 Å². The zero-order valence-corrected chi connectivity index (χ0v) is 14.8. The van der Waals surface area contributed by atoms with Crippen LogP contribution in [-0.2, 0) is 11.2 Å². The topological polar surface area (TPSA) is 55.8 Å². The van der Waals surface area contributed by atoms with Gasteiger partial charge in [-0.05, 0) is 62.1 Å². The number of aryl methyl sites for hydroxylation is 3. The van der Waals surface area contributed by atoms with Crippen molar-refractivity contribution in [2.45, 2.75) is 40.2 Å². The summed E-state index contributed by atoms with van der Waals surface area (Å²) in [6.07, 6.45) is -0.729. The van der Waals surface area contributed by atoms with Crippen molar-refractivity contribution in [3.05, 3.63) is 58.1 Å². The minimum absolute atomic E-state index is 0.243. The van der Waals surface area contributed by atoms with Gasteiger partial charge in [0, 0.05) is 6.42 Å². The molecule has 0 aliphatic carbocycles. The molecule has 0 aliphatic heterocycles. The van der Waals surface area contributed by atoms with Crippen LogP contribution in [0.3, 0.4) is 0 Å². The third-order valence-electron chi connectivity index (χ3n) is 4.15. The lowest BCUT2D eigenvalue weighted by Gasteiger charge is -2.19. The van der Waals surface area contributed by atoms with Crippen LogP contribution in [0.4, 0.5) is 0 Å². The SMILES string of the molecule is COc1ccc(C)cc1CC(Oc1cc(C)cc(C)c1C)C(=O)O. The number of carboxylic acid groups (broad SMARTS) is 1. The number of carbonyl (C=O) groups is 1. The third kappa shape index (κ3) is 4.07. The van der Waals surface area contributed by atoms with Gasteiger partial charge in [-0.25, -0.2) is 4.79 Å². The summed E-state index contributed by atoms with van der Waals surface area (Å²) in [4.78, 5) is 11.7. The standard InChI is InChI=1S/C20H24O4/c1-12-6-7-17(23-5)16(9-12)11-19(20(21)22)24-18-10-13(2)8-14(3)15(18)4/h6-10,19H,11H2,1-5H3,(H,21,22). The molecule has 2 aromatic rings. The first-order chi connectivity index (χ1) is 11.3. The highest BCUT2D eigenvalue weighted by Crippen LogP contribution is 2.27. The van der Waals surface area contributed by atoms with Crippen LogP contribution in [-0.4, -0.2) is 24.3 Å². The Kier molecular flexibility index (Phi) is 5.50. The summed E-state index contributed by atoms with van der Waals surface area (Å²) in [5.74, 6) is 0.302. The molecule has 1 atom stereocenters. The highest BCUT2D eigenvalue weighted by molar-refractivity contribution is 5.73. The number of hydrogen-bond acceptors (Lipinski definition) is 3. The van der Waals surface area contributed by atoms with E-state index in [-0.39, 0.29) is 6.42 Å². The van der Waals surface area contributed by atoms with Gasteiger partial charge in [0.2, 0.25) is 0 Å². The van der Waals surface area contributed by atoms with E-state index in [4.69, 9.17) is 9.47 Å². The molecule has 2 rings (SSSR count). The zero-order chi connectivity index (χ0) is 17.9. The number of benzene rings is 2. The maximum Gasteiger partial charge on any atom is 0.345 e. The summed E-state index contributed by atoms with van der Waals surface area (Å²) in [7, 11) is 1.58. The second kappa shape index (κ2) is 7.39. The quantitative estimate of drug-likeness (QED) is 0.870. The smallest absolute Gasteiger partial charge is 0.345 e. The molecule has 0 radical (unpaired) electrons. The summed E-state index contributed by atoms with van der Waals surface area (Å²) in [6.45, 7) is 7.87. The fourth-order valence-electron chi connectivity index (χ4n) is 2.72. The molecule has 0 aliphatic rings. The lowest BCUT2D eigenvalue weighted by atomic mass is 10.0. The fourth-order valence-corrected chi connectivity index (χ4v) is 2.72. The zero-order valence-electron chi connectivity index (χ0n) is 14.8. The number of hydrogen-bond donors (Lipinski definition) is 1. The van der Waals surface area contributed by atoms with Gasteiger partial charge in [0.25, 0.3) is 0 Å². The average molecular weight is 328 g/mol. The summed E-state index contributed by atoms with van der Waals surface area (Å²) >= 11 is 0. The van der Waals surface area contributed by atoms with Gasteiger partial charge in [-0.2, -0.15) is 0 Å². The van der Waals surface area contributed by atoms with E-state index in [1.54, 1.807) is 7.11 Å². The Morgan fingerprint density at radius 2 is 1.75 bits per heavy atom. The van der Waals surface area contributed by atoms with Crippen LogP contribution in [0.1, 0.15) is 27.8 Å². The molecule has 0 amide bonds. The molecule has 0 heterocycles. The lowest BCUT2D eigenvalue weighted by molar-refractivity contribution is -0.145. The van der Waals surface area contributed by atoms with Crippen LogP contribution in [0, 0.1) is 27.7 Å². The minimum Gasteiger partial charge on any atom is -0.496 e. The van der Waals surface area contributed by atoms with Crippen LogP contribution in [0.2, 0.25) is 0 Å². The van der Waals surface area contributed by atoms with Gasteiger partial charge in [0.05, 0.1) is 7.11 Å². The molecular formula is C20H24O4.